The Hall–Kier alpha value is -2.64. The Bertz CT molecular complexity index is 953. The Balaban J connectivity index is 1.83. The number of ether oxygens (including phenoxy) is 1. The zero-order chi connectivity index (χ0) is 20.3. The molecule has 1 unspecified atom stereocenters. The summed E-state index contributed by atoms with van der Waals surface area (Å²) in [5.41, 5.74) is 2.58. The van der Waals surface area contributed by atoms with E-state index in [1.165, 1.54) is 16.7 Å². The van der Waals surface area contributed by atoms with Crippen molar-refractivity contribution in [3.8, 4) is 5.75 Å². The standard InChI is InChI=1S/C21H19NO4S2/c1-3-17(20(24)25)26-16-6-4-5-14(11-16)12-18-19(23)22(21(27)28-18)15-9-7-13(2)8-10-15/h4-12,17H,3H2,1-2H3,(H,24,25)/b18-12+. The lowest BCUT2D eigenvalue weighted by Gasteiger charge is -2.14. The summed E-state index contributed by atoms with van der Waals surface area (Å²) >= 11 is 6.63. The summed E-state index contributed by atoms with van der Waals surface area (Å²) in [5.74, 6) is -0.744. The van der Waals surface area contributed by atoms with Gasteiger partial charge in [0, 0.05) is 0 Å². The number of carboxylic acid groups (broad SMARTS) is 1. The molecule has 1 amide bonds. The number of carbonyl (C=O) groups is 2. The number of aliphatic carboxylic acids is 1. The minimum absolute atomic E-state index is 0.179. The van der Waals surface area contributed by atoms with E-state index >= 15 is 0 Å². The lowest BCUT2D eigenvalue weighted by atomic mass is 10.2. The number of benzene rings is 2. The first-order chi connectivity index (χ1) is 13.4. The van der Waals surface area contributed by atoms with Gasteiger partial charge in [0.25, 0.3) is 5.91 Å². The number of thiocarbonyl (C=S) groups is 1. The molecule has 1 fully saturated rings. The van der Waals surface area contributed by atoms with Crippen molar-refractivity contribution < 1.29 is 19.4 Å². The highest BCUT2D eigenvalue weighted by molar-refractivity contribution is 8.27. The second kappa shape index (κ2) is 8.58. The van der Waals surface area contributed by atoms with Crippen LogP contribution in [0.1, 0.15) is 24.5 Å². The minimum atomic E-state index is -1.01. The zero-order valence-electron chi connectivity index (χ0n) is 15.4. The van der Waals surface area contributed by atoms with Crippen molar-refractivity contribution >= 4 is 51.9 Å². The smallest absolute Gasteiger partial charge is 0.344 e. The highest BCUT2D eigenvalue weighted by atomic mass is 32.2. The summed E-state index contributed by atoms with van der Waals surface area (Å²) in [6.07, 6.45) is 1.19. The molecule has 0 bridgehead atoms. The molecule has 3 rings (SSSR count). The number of hydrogen-bond donors (Lipinski definition) is 1. The van der Waals surface area contributed by atoms with E-state index in [-0.39, 0.29) is 5.91 Å². The Morgan fingerprint density at radius 3 is 2.64 bits per heavy atom. The van der Waals surface area contributed by atoms with E-state index in [1.807, 2.05) is 37.3 Å². The van der Waals surface area contributed by atoms with Gasteiger partial charge in [0.15, 0.2) is 10.4 Å². The second-order valence-electron chi connectivity index (χ2n) is 6.28. The van der Waals surface area contributed by atoms with Gasteiger partial charge >= 0.3 is 5.97 Å². The predicted molar refractivity (Wildman–Crippen MR) is 116 cm³/mol. The lowest BCUT2D eigenvalue weighted by molar-refractivity contribution is -0.145. The van der Waals surface area contributed by atoms with Gasteiger partial charge in [-0.3, -0.25) is 9.69 Å². The van der Waals surface area contributed by atoms with Gasteiger partial charge in [-0.1, -0.05) is 60.7 Å². The maximum atomic E-state index is 12.8. The number of anilines is 1. The van der Waals surface area contributed by atoms with E-state index in [1.54, 1.807) is 31.2 Å². The fraction of sp³-hybridized carbons (Fsp3) is 0.190. The van der Waals surface area contributed by atoms with Crippen LogP contribution in [0.25, 0.3) is 6.08 Å². The topological polar surface area (TPSA) is 66.8 Å². The van der Waals surface area contributed by atoms with Gasteiger partial charge in [-0.05, 0) is 49.2 Å². The molecule has 1 aliphatic rings. The molecule has 1 atom stereocenters. The van der Waals surface area contributed by atoms with Crippen LogP contribution in [0.4, 0.5) is 5.69 Å². The molecule has 2 aromatic rings. The fourth-order valence-corrected chi connectivity index (χ4v) is 3.98. The molecule has 0 aliphatic carbocycles. The molecule has 0 radical (unpaired) electrons. The first-order valence-electron chi connectivity index (χ1n) is 8.73. The Morgan fingerprint density at radius 2 is 2.00 bits per heavy atom. The molecule has 5 nitrogen and oxygen atoms in total. The fourth-order valence-electron chi connectivity index (χ4n) is 2.69. The van der Waals surface area contributed by atoms with Crippen molar-refractivity contribution in [2.75, 3.05) is 4.90 Å². The van der Waals surface area contributed by atoms with Gasteiger partial charge in [0.05, 0.1) is 10.6 Å². The predicted octanol–water partition coefficient (Wildman–Crippen LogP) is 4.64. The molecule has 2 aromatic carbocycles. The number of nitrogens with zero attached hydrogens (tertiary/aromatic N) is 1. The monoisotopic (exact) mass is 413 g/mol. The van der Waals surface area contributed by atoms with E-state index in [9.17, 15) is 9.59 Å². The van der Waals surface area contributed by atoms with Crippen LogP contribution < -0.4 is 9.64 Å². The zero-order valence-corrected chi connectivity index (χ0v) is 17.0. The normalized spacial score (nSPS) is 16.5. The van der Waals surface area contributed by atoms with E-state index in [0.717, 1.165) is 16.8 Å². The summed E-state index contributed by atoms with van der Waals surface area (Å²) in [6.45, 7) is 3.73. The number of carbonyl (C=O) groups excluding carboxylic acids is 1. The first kappa shape index (κ1) is 20.1. The SMILES string of the molecule is CCC(Oc1cccc(/C=C2/SC(=S)N(c3ccc(C)cc3)C2=O)c1)C(=O)O. The molecule has 1 saturated heterocycles. The van der Waals surface area contributed by atoms with Crippen molar-refractivity contribution in [3.05, 3.63) is 64.6 Å². The van der Waals surface area contributed by atoms with Crippen LogP contribution in [0.5, 0.6) is 5.75 Å². The molecule has 1 aliphatic heterocycles. The van der Waals surface area contributed by atoms with Gasteiger partial charge in [0.2, 0.25) is 0 Å². The third kappa shape index (κ3) is 4.43. The van der Waals surface area contributed by atoms with Crippen molar-refractivity contribution in [2.45, 2.75) is 26.4 Å². The number of aryl methyl sites for hydroxylation is 1. The minimum Gasteiger partial charge on any atom is -0.479 e. The van der Waals surface area contributed by atoms with Crippen molar-refractivity contribution in [2.24, 2.45) is 0 Å². The van der Waals surface area contributed by atoms with Crippen LogP contribution in [0.2, 0.25) is 0 Å². The van der Waals surface area contributed by atoms with Crippen LogP contribution in [0.15, 0.2) is 53.4 Å². The summed E-state index contributed by atoms with van der Waals surface area (Å²) in [5, 5.41) is 9.15. The van der Waals surface area contributed by atoms with Gasteiger partial charge in [0.1, 0.15) is 5.75 Å². The molecule has 1 heterocycles. The van der Waals surface area contributed by atoms with Gasteiger partial charge in [-0.2, -0.15) is 0 Å². The summed E-state index contributed by atoms with van der Waals surface area (Å²) in [7, 11) is 0. The van der Waals surface area contributed by atoms with Crippen LogP contribution >= 0.6 is 24.0 Å². The van der Waals surface area contributed by atoms with Crippen molar-refractivity contribution in [1.82, 2.24) is 0 Å². The van der Waals surface area contributed by atoms with E-state index < -0.39 is 12.1 Å². The summed E-state index contributed by atoms with van der Waals surface area (Å²) in [4.78, 5) is 26.0. The molecule has 28 heavy (non-hydrogen) atoms. The summed E-state index contributed by atoms with van der Waals surface area (Å²) in [6, 6.07) is 14.6. The first-order valence-corrected chi connectivity index (χ1v) is 9.95. The van der Waals surface area contributed by atoms with Crippen LogP contribution in [0, 0.1) is 6.92 Å². The van der Waals surface area contributed by atoms with Crippen LogP contribution in [0.3, 0.4) is 0 Å². The molecular formula is C21H19NO4S2. The third-order valence-electron chi connectivity index (χ3n) is 4.17. The van der Waals surface area contributed by atoms with E-state index in [0.29, 0.717) is 21.4 Å². The number of hydrogen-bond acceptors (Lipinski definition) is 5. The lowest BCUT2D eigenvalue weighted by Crippen LogP contribution is -2.27. The molecule has 0 aromatic heterocycles. The van der Waals surface area contributed by atoms with Crippen LogP contribution in [-0.2, 0) is 9.59 Å². The quantitative estimate of drug-likeness (QED) is 0.550. The maximum Gasteiger partial charge on any atom is 0.344 e. The molecule has 144 valence electrons. The number of rotatable bonds is 6. The molecule has 0 saturated carbocycles. The molecular weight excluding hydrogens is 394 g/mol. The highest BCUT2D eigenvalue weighted by Crippen LogP contribution is 2.36. The number of thioether (sulfide) groups is 1. The average Bonchev–Trinajstić information content (AvgIpc) is 2.94. The summed E-state index contributed by atoms with van der Waals surface area (Å²) < 4.78 is 6.00. The largest absolute Gasteiger partial charge is 0.479 e. The van der Waals surface area contributed by atoms with Gasteiger partial charge in [-0.15, -0.1) is 0 Å². The van der Waals surface area contributed by atoms with Gasteiger partial charge in [-0.25, -0.2) is 4.79 Å². The maximum absolute atomic E-state index is 12.8. The van der Waals surface area contributed by atoms with Gasteiger partial charge < -0.3 is 9.84 Å². The number of amides is 1. The van der Waals surface area contributed by atoms with E-state index in [2.05, 4.69) is 0 Å². The Labute approximate surface area is 173 Å². The Kier molecular flexibility index (Phi) is 6.16. The van der Waals surface area contributed by atoms with Crippen LogP contribution in [-0.4, -0.2) is 27.4 Å². The van der Waals surface area contributed by atoms with Crippen molar-refractivity contribution in [3.63, 3.8) is 0 Å². The third-order valence-corrected chi connectivity index (χ3v) is 5.47. The molecule has 7 heteroatoms. The molecule has 1 N–H and O–H groups in total. The highest BCUT2D eigenvalue weighted by Gasteiger charge is 2.33. The van der Waals surface area contributed by atoms with Crippen molar-refractivity contribution in [1.29, 1.82) is 0 Å². The Morgan fingerprint density at radius 1 is 1.29 bits per heavy atom. The number of carboxylic acids is 1. The molecule has 0 spiro atoms. The van der Waals surface area contributed by atoms with E-state index in [4.69, 9.17) is 22.1 Å². The second-order valence-corrected chi connectivity index (χ2v) is 7.95. The average molecular weight is 414 g/mol.